The van der Waals surface area contributed by atoms with Gasteiger partial charge in [-0.25, -0.2) is 9.97 Å². The molecule has 2 aromatic rings. The molecule has 2 rings (SSSR count). The summed E-state index contributed by atoms with van der Waals surface area (Å²) in [6.45, 7) is 6.53. The van der Waals surface area contributed by atoms with Crippen molar-refractivity contribution in [2.75, 3.05) is 17.2 Å². The Morgan fingerprint density at radius 2 is 1.82 bits per heavy atom. The molecule has 1 amide bonds. The molecule has 1 heterocycles. The third-order valence-corrected chi connectivity index (χ3v) is 2.75. The topological polar surface area (TPSA) is 76.1 Å². The molecular formula is C16H20N4O2. The van der Waals surface area contributed by atoms with E-state index in [4.69, 9.17) is 4.74 Å². The van der Waals surface area contributed by atoms with Crippen LogP contribution in [0.1, 0.15) is 31.1 Å². The lowest BCUT2D eigenvalue weighted by Gasteiger charge is -2.09. The van der Waals surface area contributed by atoms with E-state index in [0.717, 1.165) is 5.75 Å². The third kappa shape index (κ3) is 4.44. The van der Waals surface area contributed by atoms with Gasteiger partial charge in [0.05, 0.1) is 12.2 Å². The number of carbonyl (C=O) groups excluding carboxylic acids is 1. The van der Waals surface area contributed by atoms with Crippen molar-refractivity contribution in [2.45, 2.75) is 26.8 Å². The van der Waals surface area contributed by atoms with Crippen molar-refractivity contribution in [3.05, 3.63) is 42.2 Å². The Balaban J connectivity index is 1.99. The number of carbonyl (C=O) groups is 1. The largest absolute Gasteiger partial charge is 0.494 e. The maximum Gasteiger partial charge on any atom is 0.258 e. The summed E-state index contributed by atoms with van der Waals surface area (Å²) in [5.74, 6) is 1.03. The highest BCUT2D eigenvalue weighted by Crippen LogP contribution is 2.16. The molecule has 0 fully saturated rings. The van der Waals surface area contributed by atoms with Crippen LogP contribution >= 0.6 is 0 Å². The SMILES string of the molecule is CCOc1ccc(NC(=O)c2cnc(NC(C)C)nc2)cc1. The minimum atomic E-state index is -0.250. The van der Waals surface area contributed by atoms with E-state index in [-0.39, 0.29) is 11.9 Å². The number of nitrogens with zero attached hydrogens (tertiary/aromatic N) is 2. The Labute approximate surface area is 129 Å². The van der Waals surface area contributed by atoms with Crippen LogP contribution < -0.4 is 15.4 Å². The normalized spacial score (nSPS) is 10.4. The van der Waals surface area contributed by atoms with Crippen LogP contribution in [-0.4, -0.2) is 28.5 Å². The monoisotopic (exact) mass is 300 g/mol. The summed E-state index contributed by atoms with van der Waals surface area (Å²) in [6, 6.07) is 7.44. The zero-order chi connectivity index (χ0) is 15.9. The Morgan fingerprint density at radius 3 is 2.36 bits per heavy atom. The second-order valence-electron chi connectivity index (χ2n) is 5.01. The standard InChI is InChI=1S/C16H20N4O2/c1-4-22-14-7-5-13(6-8-14)20-15(21)12-9-17-16(18-10-12)19-11(2)3/h5-11H,4H2,1-3H3,(H,20,21)(H,17,18,19). The number of benzene rings is 1. The molecule has 6 nitrogen and oxygen atoms in total. The smallest absolute Gasteiger partial charge is 0.258 e. The van der Waals surface area contributed by atoms with Gasteiger partial charge in [0.2, 0.25) is 5.95 Å². The molecule has 0 aliphatic heterocycles. The Morgan fingerprint density at radius 1 is 1.18 bits per heavy atom. The molecule has 0 aliphatic carbocycles. The van der Waals surface area contributed by atoms with Crippen molar-refractivity contribution in [2.24, 2.45) is 0 Å². The highest BCUT2D eigenvalue weighted by atomic mass is 16.5. The van der Waals surface area contributed by atoms with Gasteiger partial charge < -0.3 is 15.4 Å². The van der Waals surface area contributed by atoms with Gasteiger partial charge in [-0.2, -0.15) is 0 Å². The summed E-state index contributed by atoms with van der Waals surface area (Å²) in [6.07, 6.45) is 3.00. The first-order chi connectivity index (χ1) is 10.6. The molecule has 116 valence electrons. The lowest BCUT2D eigenvalue weighted by Crippen LogP contribution is -2.15. The fourth-order valence-electron chi connectivity index (χ4n) is 1.78. The molecule has 0 radical (unpaired) electrons. The van der Waals surface area contributed by atoms with Crippen molar-refractivity contribution in [1.82, 2.24) is 9.97 Å². The van der Waals surface area contributed by atoms with Crippen LogP contribution in [0.4, 0.5) is 11.6 Å². The molecule has 0 saturated heterocycles. The number of nitrogens with one attached hydrogen (secondary N) is 2. The summed E-state index contributed by atoms with van der Waals surface area (Å²) >= 11 is 0. The lowest BCUT2D eigenvalue weighted by molar-refractivity contribution is 0.102. The summed E-state index contributed by atoms with van der Waals surface area (Å²) in [5, 5.41) is 5.86. The van der Waals surface area contributed by atoms with Crippen molar-refractivity contribution >= 4 is 17.5 Å². The summed E-state index contributed by atoms with van der Waals surface area (Å²) < 4.78 is 5.36. The second kappa shape index (κ2) is 7.40. The zero-order valence-corrected chi connectivity index (χ0v) is 13.0. The molecule has 0 unspecified atom stereocenters. The van der Waals surface area contributed by atoms with Gasteiger partial charge in [-0.05, 0) is 45.0 Å². The molecular weight excluding hydrogens is 280 g/mol. The second-order valence-corrected chi connectivity index (χ2v) is 5.01. The number of aromatic nitrogens is 2. The fraction of sp³-hybridized carbons (Fsp3) is 0.312. The molecule has 6 heteroatoms. The molecule has 0 bridgehead atoms. The molecule has 2 N–H and O–H groups in total. The summed E-state index contributed by atoms with van der Waals surface area (Å²) in [7, 11) is 0. The maximum absolute atomic E-state index is 12.1. The van der Waals surface area contributed by atoms with Crippen LogP contribution in [-0.2, 0) is 0 Å². The van der Waals surface area contributed by atoms with E-state index in [1.807, 2.05) is 32.9 Å². The average molecular weight is 300 g/mol. The van der Waals surface area contributed by atoms with Crippen molar-refractivity contribution in [1.29, 1.82) is 0 Å². The number of amides is 1. The van der Waals surface area contributed by atoms with Crippen LogP contribution in [0.2, 0.25) is 0 Å². The van der Waals surface area contributed by atoms with Gasteiger partial charge >= 0.3 is 0 Å². The molecule has 22 heavy (non-hydrogen) atoms. The van der Waals surface area contributed by atoms with Crippen LogP contribution in [0.3, 0.4) is 0 Å². The van der Waals surface area contributed by atoms with Crippen LogP contribution in [0.5, 0.6) is 5.75 Å². The van der Waals surface area contributed by atoms with Gasteiger partial charge in [-0.15, -0.1) is 0 Å². The maximum atomic E-state index is 12.1. The predicted molar refractivity (Wildman–Crippen MR) is 86.4 cm³/mol. The molecule has 0 spiro atoms. The molecule has 1 aromatic heterocycles. The minimum absolute atomic E-state index is 0.239. The van der Waals surface area contributed by atoms with E-state index in [9.17, 15) is 4.79 Å². The summed E-state index contributed by atoms with van der Waals surface area (Å²) in [5.41, 5.74) is 1.10. The molecule has 0 aliphatic rings. The highest BCUT2D eigenvalue weighted by molar-refractivity contribution is 6.03. The lowest BCUT2D eigenvalue weighted by atomic mass is 10.2. The van der Waals surface area contributed by atoms with E-state index in [2.05, 4.69) is 20.6 Å². The number of anilines is 2. The van der Waals surface area contributed by atoms with E-state index in [0.29, 0.717) is 23.8 Å². The van der Waals surface area contributed by atoms with E-state index >= 15 is 0 Å². The number of hydrogen-bond acceptors (Lipinski definition) is 5. The summed E-state index contributed by atoms with van der Waals surface area (Å²) in [4.78, 5) is 20.3. The van der Waals surface area contributed by atoms with Gasteiger partial charge in [-0.1, -0.05) is 0 Å². The van der Waals surface area contributed by atoms with Crippen LogP contribution in [0, 0.1) is 0 Å². The fourth-order valence-corrected chi connectivity index (χ4v) is 1.78. The van der Waals surface area contributed by atoms with Crippen LogP contribution in [0.25, 0.3) is 0 Å². The van der Waals surface area contributed by atoms with Crippen molar-refractivity contribution in [3.63, 3.8) is 0 Å². The first kappa shape index (κ1) is 15.8. The predicted octanol–water partition coefficient (Wildman–Crippen LogP) is 2.95. The van der Waals surface area contributed by atoms with Crippen molar-refractivity contribution < 1.29 is 9.53 Å². The van der Waals surface area contributed by atoms with Crippen LogP contribution in [0.15, 0.2) is 36.7 Å². The Hall–Kier alpha value is -2.63. The number of rotatable bonds is 6. The highest BCUT2D eigenvalue weighted by Gasteiger charge is 2.08. The van der Waals surface area contributed by atoms with E-state index in [1.165, 1.54) is 12.4 Å². The van der Waals surface area contributed by atoms with Gasteiger partial charge in [0, 0.05) is 24.1 Å². The van der Waals surface area contributed by atoms with Gasteiger partial charge in [-0.3, -0.25) is 4.79 Å². The van der Waals surface area contributed by atoms with E-state index < -0.39 is 0 Å². The number of ether oxygens (including phenoxy) is 1. The zero-order valence-electron chi connectivity index (χ0n) is 13.0. The van der Waals surface area contributed by atoms with Crippen molar-refractivity contribution in [3.8, 4) is 5.75 Å². The van der Waals surface area contributed by atoms with Gasteiger partial charge in [0.1, 0.15) is 5.75 Å². The van der Waals surface area contributed by atoms with E-state index in [1.54, 1.807) is 12.1 Å². The Kier molecular flexibility index (Phi) is 5.30. The molecule has 0 atom stereocenters. The third-order valence-electron chi connectivity index (χ3n) is 2.75. The molecule has 1 aromatic carbocycles. The minimum Gasteiger partial charge on any atom is -0.494 e. The first-order valence-electron chi connectivity index (χ1n) is 7.21. The quantitative estimate of drug-likeness (QED) is 0.857. The molecule has 0 saturated carbocycles. The average Bonchev–Trinajstić information content (AvgIpc) is 2.49. The number of hydrogen-bond donors (Lipinski definition) is 2. The first-order valence-corrected chi connectivity index (χ1v) is 7.21. The Bertz CT molecular complexity index is 609. The van der Waals surface area contributed by atoms with Gasteiger partial charge in [0.25, 0.3) is 5.91 Å². The van der Waals surface area contributed by atoms with Gasteiger partial charge in [0.15, 0.2) is 0 Å².